The van der Waals surface area contributed by atoms with Crippen LogP contribution in [0.25, 0.3) is 0 Å². The second kappa shape index (κ2) is 11.1. The SMILES string of the molecule is CCCN1CCC(NC(=NCc2cccnc2OCC(F)(F)F)NCC)CC1. The minimum atomic E-state index is -4.40. The quantitative estimate of drug-likeness (QED) is 0.518. The van der Waals surface area contributed by atoms with E-state index in [-0.39, 0.29) is 12.4 Å². The monoisotopic (exact) mass is 401 g/mol. The van der Waals surface area contributed by atoms with Gasteiger partial charge < -0.3 is 20.3 Å². The van der Waals surface area contributed by atoms with E-state index in [2.05, 4.69) is 32.4 Å². The van der Waals surface area contributed by atoms with E-state index in [1.165, 1.54) is 6.20 Å². The predicted molar refractivity (Wildman–Crippen MR) is 103 cm³/mol. The first kappa shape index (κ1) is 22.3. The van der Waals surface area contributed by atoms with Crippen LogP contribution in [0.2, 0.25) is 0 Å². The van der Waals surface area contributed by atoms with E-state index in [0.29, 0.717) is 24.1 Å². The van der Waals surface area contributed by atoms with Gasteiger partial charge in [0.2, 0.25) is 5.88 Å². The van der Waals surface area contributed by atoms with Crippen molar-refractivity contribution in [2.45, 2.75) is 51.9 Å². The summed E-state index contributed by atoms with van der Waals surface area (Å²) in [7, 11) is 0. The summed E-state index contributed by atoms with van der Waals surface area (Å²) in [5, 5.41) is 6.63. The Morgan fingerprint density at radius 1 is 1.32 bits per heavy atom. The average Bonchev–Trinajstić information content (AvgIpc) is 2.66. The van der Waals surface area contributed by atoms with Gasteiger partial charge in [-0.15, -0.1) is 0 Å². The van der Waals surface area contributed by atoms with Crippen LogP contribution < -0.4 is 15.4 Å². The molecule has 1 saturated heterocycles. The van der Waals surface area contributed by atoms with E-state index >= 15 is 0 Å². The van der Waals surface area contributed by atoms with Gasteiger partial charge in [0.15, 0.2) is 12.6 Å². The molecular weight excluding hydrogens is 371 g/mol. The molecule has 2 N–H and O–H groups in total. The summed E-state index contributed by atoms with van der Waals surface area (Å²) in [6.07, 6.45) is 0.244. The molecule has 6 nitrogen and oxygen atoms in total. The summed E-state index contributed by atoms with van der Waals surface area (Å²) >= 11 is 0. The van der Waals surface area contributed by atoms with E-state index < -0.39 is 12.8 Å². The first-order chi connectivity index (χ1) is 13.4. The van der Waals surface area contributed by atoms with Crippen LogP contribution in [0.5, 0.6) is 5.88 Å². The second-order valence-corrected chi connectivity index (χ2v) is 6.83. The number of nitrogens with one attached hydrogen (secondary N) is 2. The molecule has 0 aliphatic carbocycles. The number of hydrogen-bond donors (Lipinski definition) is 2. The molecule has 1 fully saturated rings. The lowest BCUT2D eigenvalue weighted by atomic mass is 10.1. The Morgan fingerprint density at radius 3 is 2.71 bits per heavy atom. The van der Waals surface area contributed by atoms with Crippen molar-refractivity contribution in [2.75, 3.05) is 32.8 Å². The third-order valence-electron chi connectivity index (χ3n) is 4.44. The number of hydrogen-bond acceptors (Lipinski definition) is 4. The van der Waals surface area contributed by atoms with Crippen LogP contribution in [-0.4, -0.2) is 60.8 Å². The van der Waals surface area contributed by atoms with Crippen LogP contribution in [0.3, 0.4) is 0 Å². The number of aliphatic imine (C=N–C) groups is 1. The van der Waals surface area contributed by atoms with Crippen molar-refractivity contribution in [1.29, 1.82) is 0 Å². The maximum Gasteiger partial charge on any atom is 0.422 e. The Bertz CT molecular complexity index is 616. The Kier molecular flexibility index (Phi) is 8.82. The van der Waals surface area contributed by atoms with Crippen molar-refractivity contribution in [3.05, 3.63) is 23.9 Å². The van der Waals surface area contributed by atoms with Gasteiger partial charge in [0, 0.05) is 37.4 Å². The van der Waals surface area contributed by atoms with Crippen LogP contribution in [0, 0.1) is 0 Å². The summed E-state index contributed by atoms with van der Waals surface area (Å²) in [5.74, 6) is 0.620. The lowest BCUT2D eigenvalue weighted by molar-refractivity contribution is -0.154. The highest BCUT2D eigenvalue weighted by atomic mass is 19.4. The molecule has 0 spiro atoms. The second-order valence-electron chi connectivity index (χ2n) is 6.83. The normalized spacial score (nSPS) is 16.8. The van der Waals surface area contributed by atoms with E-state index in [4.69, 9.17) is 4.74 Å². The molecule has 0 unspecified atom stereocenters. The zero-order chi connectivity index (χ0) is 20.4. The topological polar surface area (TPSA) is 61.8 Å². The van der Waals surface area contributed by atoms with Crippen molar-refractivity contribution < 1.29 is 17.9 Å². The van der Waals surface area contributed by atoms with Gasteiger partial charge >= 0.3 is 6.18 Å². The molecule has 0 saturated carbocycles. The number of rotatable bonds is 8. The molecule has 1 aliphatic rings. The lowest BCUT2D eigenvalue weighted by Gasteiger charge is -2.32. The van der Waals surface area contributed by atoms with Gasteiger partial charge in [-0.1, -0.05) is 13.0 Å². The van der Waals surface area contributed by atoms with Crippen molar-refractivity contribution in [1.82, 2.24) is 20.5 Å². The summed E-state index contributed by atoms with van der Waals surface area (Å²) in [6.45, 7) is 6.92. The molecule has 1 aromatic rings. The highest BCUT2D eigenvalue weighted by Crippen LogP contribution is 2.20. The van der Waals surface area contributed by atoms with Crippen LogP contribution in [0.4, 0.5) is 13.2 Å². The van der Waals surface area contributed by atoms with Crippen LogP contribution >= 0.6 is 0 Å². The maximum atomic E-state index is 12.4. The van der Waals surface area contributed by atoms with Crippen molar-refractivity contribution >= 4 is 5.96 Å². The number of alkyl halides is 3. The average molecular weight is 401 g/mol. The number of ether oxygens (including phenoxy) is 1. The Balaban J connectivity index is 1.95. The van der Waals surface area contributed by atoms with Gasteiger partial charge in [-0.25, -0.2) is 9.98 Å². The van der Waals surface area contributed by atoms with E-state index in [0.717, 1.165) is 38.9 Å². The number of halogens is 3. The molecule has 2 heterocycles. The molecule has 0 bridgehead atoms. The largest absolute Gasteiger partial charge is 0.468 e. The smallest absolute Gasteiger partial charge is 0.422 e. The van der Waals surface area contributed by atoms with Crippen LogP contribution in [0.15, 0.2) is 23.3 Å². The molecule has 2 rings (SSSR count). The summed E-state index contributed by atoms with van der Waals surface area (Å²) in [5.41, 5.74) is 0.515. The molecule has 9 heteroatoms. The first-order valence-corrected chi connectivity index (χ1v) is 9.82. The molecule has 1 aromatic heterocycles. The third-order valence-corrected chi connectivity index (χ3v) is 4.44. The van der Waals surface area contributed by atoms with E-state index in [1.54, 1.807) is 12.1 Å². The maximum absolute atomic E-state index is 12.4. The minimum absolute atomic E-state index is 0.0349. The van der Waals surface area contributed by atoms with Gasteiger partial charge in [0.25, 0.3) is 0 Å². The summed E-state index contributed by atoms with van der Waals surface area (Å²) in [4.78, 5) is 10.9. The molecule has 28 heavy (non-hydrogen) atoms. The highest BCUT2D eigenvalue weighted by Gasteiger charge is 2.29. The van der Waals surface area contributed by atoms with Gasteiger partial charge in [0.1, 0.15) is 0 Å². The number of likely N-dealkylation sites (tertiary alicyclic amines) is 1. The molecule has 0 atom stereocenters. The molecule has 1 aliphatic heterocycles. The minimum Gasteiger partial charge on any atom is -0.468 e. The molecular formula is C19H30F3N5O. The third kappa shape index (κ3) is 7.92. The van der Waals surface area contributed by atoms with Gasteiger partial charge in [0.05, 0.1) is 6.54 Å². The standard InChI is InChI=1S/C19H30F3N5O/c1-3-10-27-11-7-16(8-12-27)26-18(23-4-2)25-13-15-6-5-9-24-17(15)28-14-19(20,21)22/h5-6,9,16H,3-4,7-8,10-14H2,1-2H3,(H2,23,25,26). The van der Waals surface area contributed by atoms with Gasteiger partial charge in [-0.05, 0) is 38.8 Å². The number of aromatic nitrogens is 1. The molecule has 0 radical (unpaired) electrons. The molecule has 158 valence electrons. The number of pyridine rings is 1. The summed E-state index contributed by atoms with van der Waals surface area (Å²) < 4.78 is 42.1. The van der Waals surface area contributed by atoms with Crippen LogP contribution in [-0.2, 0) is 6.54 Å². The lowest BCUT2D eigenvalue weighted by Crippen LogP contribution is -2.48. The highest BCUT2D eigenvalue weighted by molar-refractivity contribution is 5.80. The predicted octanol–water partition coefficient (Wildman–Crippen LogP) is 2.95. The van der Waals surface area contributed by atoms with Crippen LogP contribution in [0.1, 0.15) is 38.7 Å². The fourth-order valence-corrected chi connectivity index (χ4v) is 3.12. The van der Waals surface area contributed by atoms with Crippen molar-refractivity contribution in [3.63, 3.8) is 0 Å². The van der Waals surface area contributed by atoms with E-state index in [9.17, 15) is 13.2 Å². The zero-order valence-electron chi connectivity index (χ0n) is 16.6. The molecule has 0 aromatic carbocycles. The van der Waals surface area contributed by atoms with E-state index in [1.807, 2.05) is 6.92 Å². The Hall–Kier alpha value is -2.03. The molecule has 0 amide bonds. The van der Waals surface area contributed by atoms with Crippen molar-refractivity contribution in [2.24, 2.45) is 4.99 Å². The number of guanidine groups is 1. The number of piperidine rings is 1. The van der Waals surface area contributed by atoms with Gasteiger partial charge in [-0.3, -0.25) is 0 Å². The Labute approximate surface area is 164 Å². The van der Waals surface area contributed by atoms with Gasteiger partial charge in [-0.2, -0.15) is 13.2 Å². The number of nitrogens with zero attached hydrogens (tertiary/aromatic N) is 3. The first-order valence-electron chi connectivity index (χ1n) is 9.82. The Morgan fingerprint density at radius 2 is 2.07 bits per heavy atom. The fraction of sp³-hybridized carbons (Fsp3) is 0.684. The summed E-state index contributed by atoms with van der Waals surface area (Å²) in [6, 6.07) is 3.67. The van der Waals surface area contributed by atoms with Crippen molar-refractivity contribution in [3.8, 4) is 5.88 Å². The zero-order valence-corrected chi connectivity index (χ0v) is 16.6. The fourth-order valence-electron chi connectivity index (χ4n) is 3.12.